The predicted molar refractivity (Wildman–Crippen MR) is 99.0 cm³/mol. The minimum absolute atomic E-state index is 0.102. The third kappa shape index (κ3) is 4.24. The lowest BCUT2D eigenvalue weighted by Gasteiger charge is -2.06. The molecule has 0 atom stereocenters. The van der Waals surface area contributed by atoms with Gasteiger partial charge in [-0.1, -0.05) is 24.3 Å². The second-order valence-electron chi connectivity index (χ2n) is 5.48. The number of nitrogens with two attached hydrogens (primary N) is 1. The van der Waals surface area contributed by atoms with Crippen molar-refractivity contribution in [3.8, 4) is 11.5 Å². The van der Waals surface area contributed by atoms with Gasteiger partial charge in [-0.2, -0.15) is 5.10 Å². The van der Waals surface area contributed by atoms with Crippen LogP contribution in [0.15, 0.2) is 58.0 Å². The lowest BCUT2D eigenvalue weighted by molar-refractivity contribution is -0.119. The van der Waals surface area contributed by atoms with Crippen LogP contribution in [0.1, 0.15) is 16.1 Å². The Balaban J connectivity index is 1.72. The Kier molecular flexibility index (Phi) is 5.36. The van der Waals surface area contributed by atoms with Gasteiger partial charge in [0.1, 0.15) is 5.75 Å². The van der Waals surface area contributed by atoms with Crippen molar-refractivity contribution in [2.45, 2.75) is 0 Å². The fraction of sp³-hybridized carbons (Fsp3) is 0.105. The normalized spacial score (nSPS) is 10.9. The van der Waals surface area contributed by atoms with E-state index in [-0.39, 0.29) is 12.4 Å². The van der Waals surface area contributed by atoms with E-state index < -0.39 is 11.8 Å². The van der Waals surface area contributed by atoms with Crippen molar-refractivity contribution in [3.05, 3.63) is 59.9 Å². The summed E-state index contributed by atoms with van der Waals surface area (Å²) in [6.45, 7) is -0.252. The average Bonchev–Trinajstić information content (AvgIpc) is 3.11. The van der Waals surface area contributed by atoms with Crippen molar-refractivity contribution in [2.75, 3.05) is 13.7 Å². The molecule has 138 valence electrons. The van der Waals surface area contributed by atoms with Crippen LogP contribution in [0.5, 0.6) is 11.5 Å². The van der Waals surface area contributed by atoms with Gasteiger partial charge in [-0.25, -0.2) is 5.43 Å². The van der Waals surface area contributed by atoms with Crippen LogP contribution in [0.25, 0.3) is 11.0 Å². The van der Waals surface area contributed by atoms with Crippen LogP contribution in [0.3, 0.4) is 0 Å². The Bertz CT molecular complexity index is 1010. The second-order valence-corrected chi connectivity index (χ2v) is 5.48. The summed E-state index contributed by atoms with van der Waals surface area (Å²) in [4.78, 5) is 23.1. The Morgan fingerprint density at radius 3 is 2.74 bits per heavy atom. The molecule has 0 saturated heterocycles. The van der Waals surface area contributed by atoms with Gasteiger partial charge in [0.15, 0.2) is 23.7 Å². The lowest BCUT2D eigenvalue weighted by Crippen LogP contribution is -2.20. The molecule has 0 bridgehead atoms. The maximum absolute atomic E-state index is 12.3. The van der Waals surface area contributed by atoms with Crippen LogP contribution < -0.4 is 20.6 Å². The fourth-order valence-corrected chi connectivity index (χ4v) is 2.39. The number of nitrogens with zero attached hydrogens (tertiary/aromatic N) is 1. The first-order valence-electron chi connectivity index (χ1n) is 7.98. The molecule has 0 aliphatic carbocycles. The number of methoxy groups -OCH3 is 1. The van der Waals surface area contributed by atoms with Crippen molar-refractivity contribution >= 4 is 29.0 Å². The minimum Gasteiger partial charge on any atom is -0.493 e. The third-order valence-electron chi connectivity index (χ3n) is 3.61. The number of carbonyl (C=O) groups excluding carboxylic acids is 2. The number of primary amides is 1. The Labute approximate surface area is 154 Å². The van der Waals surface area contributed by atoms with Crippen LogP contribution >= 0.6 is 0 Å². The molecule has 27 heavy (non-hydrogen) atoms. The molecule has 3 rings (SSSR count). The van der Waals surface area contributed by atoms with E-state index in [0.717, 1.165) is 5.39 Å². The largest absolute Gasteiger partial charge is 0.493 e. The van der Waals surface area contributed by atoms with E-state index in [9.17, 15) is 9.59 Å². The van der Waals surface area contributed by atoms with Gasteiger partial charge in [0.25, 0.3) is 5.91 Å². The van der Waals surface area contributed by atoms with Crippen molar-refractivity contribution in [1.29, 1.82) is 0 Å². The summed E-state index contributed by atoms with van der Waals surface area (Å²) in [5.74, 6) is -0.0429. The highest BCUT2D eigenvalue weighted by Gasteiger charge is 2.14. The van der Waals surface area contributed by atoms with E-state index in [1.807, 2.05) is 6.07 Å². The summed E-state index contributed by atoms with van der Waals surface area (Å²) in [6.07, 6.45) is 1.40. The molecular weight excluding hydrogens is 350 g/mol. The first-order chi connectivity index (χ1) is 13.1. The molecule has 8 heteroatoms. The highest BCUT2D eigenvalue weighted by molar-refractivity contribution is 5.97. The van der Waals surface area contributed by atoms with Gasteiger partial charge < -0.3 is 19.6 Å². The van der Waals surface area contributed by atoms with Crippen molar-refractivity contribution in [3.63, 3.8) is 0 Å². The number of rotatable bonds is 7. The summed E-state index contributed by atoms with van der Waals surface area (Å²) < 4.78 is 16.1. The molecule has 0 radical (unpaired) electrons. The first kappa shape index (κ1) is 18.0. The van der Waals surface area contributed by atoms with Crippen molar-refractivity contribution in [2.24, 2.45) is 10.8 Å². The van der Waals surface area contributed by atoms with Crippen LogP contribution in [-0.4, -0.2) is 31.7 Å². The molecule has 0 unspecified atom stereocenters. The maximum Gasteiger partial charge on any atom is 0.307 e. The van der Waals surface area contributed by atoms with Gasteiger partial charge in [0.2, 0.25) is 0 Å². The summed E-state index contributed by atoms with van der Waals surface area (Å²) in [7, 11) is 1.53. The Morgan fingerprint density at radius 1 is 1.19 bits per heavy atom. The summed E-state index contributed by atoms with van der Waals surface area (Å²) in [5, 5.41) is 4.65. The topological polar surface area (TPSA) is 116 Å². The van der Waals surface area contributed by atoms with Gasteiger partial charge in [-0.05, 0) is 24.3 Å². The number of hydrogen-bond donors (Lipinski definition) is 2. The molecule has 0 aliphatic heterocycles. The first-order valence-corrected chi connectivity index (χ1v) is 7.98. The van der Waals surface area contributed by atoms with E-state index in [4.69, 9.17) is 19.6 Å². The molecule has 0 fully saturated rings. The molecule has 3 N–H and O–H groups in total. The Morgan fingerprint density at radius 2 is 1.96 bits per heavy atom. The molecular formula is C19H17N3O5. The highest BCUT2D eigenvalue weighted by atomic mass is 16.5. The van der Waals surface area contributed by atoms with Crippen LogP contribution in [0.2, 0.25) is 0 Å². The average molecular weight is 367 g/mol. The molecule has 2 aromatic carbocycles. The molecule has 1 heterocycles. The summed E-state index contributed by atoms with van der Waals surface area (Å²) in [6, 6.07) is 13.9. The van der Waals surface area contributed by atoms with Crippen molar-refractivity contribution < 1.29 is 23.5 Å². The monoisotopic (exact) mass is 367 g/mol. The molecule has 3 aromatic rings. The SMILES string of the molecule is COc1cccc2cc(C(=O)N/N=C\c3ccccc3OCC(N)=O)oc12. The fourth-order valence-electron chi connectivity index (χ4n) is 2.39. The van der Waals surface area contributed by atoms with Gasteiger partial charge in [-0.15, -0.1) is 0 Å². The smallest absolute Gasteiger partial charge is 0.307 e. The van der Waals surface area contributed by atoms with E-state index in [0.29, 0.717) is 22.6 Å². The number of carbonyl (C=O) groups is 2. The standard InChI is InChI=1S/C19H17N3O5/c1-25-15-8-4-6-12-9-16(27-18(12)15)19(24)22-21-10-13-5-2-3-7-14(13)26-11-17(20)23/h2-10H,11H2,1H3,(H2,20,23)(H,22,24)/b21-10-. The third-order valence-corrected chi connectivity index (χ3v) is 3.61. The minimum atomic E-state index is -0.588. The number of para-hydroxylation sites is 2. The second kappa shape index (κ2) is 8.05. The molecule has 0 aliphatic rings. The number of nitrogens with one attached hydrogen (secondary N) is 1. The predicted octanol–water partition coefficient (Wildman–Crippen LogP) is 2.07. The number of hydrazone groups is 1. The number of benzene rings is 2. The summed E-state index contributed by atoms with van der Waals surface area (Å²) >= 11 is 0. The maximum atomic E-state index is 12.3. The van der Waals surface area contributed by atoms with E-state index in [2.05, 4.69) is 10.5 Å². The number of amides is 2. The Hall–Kier alpha value is -3.81. The van der Waals surface area contributed by atoms with E-state index in [1.54, 1.807) is 42.5 Å². The molecule has 1 aromatic heterocycles. The zero-order valence-electron chi connectivity index (χ0n) is 14.5. The van der Waals surface area contributed by atoms with Gasteiger partial charge in [-0.3, -0.25) is 9.59 Å². The quantitative estimate of drug-likeness (QED) is 0.490. The van der Waals surface area contributed by atoms with E-state index >= 15 is 0 Å². The zero-order valence-corrected chi connectivity index (χ0v) is 14.5. The number of furan rings is 1. The number of ether oxygens (including phenoxy) is 2. The van der Waals surface area contributed by atoms with Gasteiger partial charge in [0.05, 0.1) is 13.3 Å². The van der Waals surface area contributed by atoms with Crippen LogP contribution in [0.4, 0.5) is 0 Å². The van der Waals surface area contributed by atoms with Crippen LogP contribution in [-0.2, 0) is 4.79 Å². The zero-order chi connectivity index (χ0) is 19.2. The lowest BCUT2D eigenvalue weighted by atomic mass is 10.2. The molecule has 0 spiro atoms. The number of hydrogen-bond acceptors (Lipinski definition) is 6. The number of fused-ring (bicyclic) bond motifs is 1. The highest BCUT2D eigenvalue weighted by Crippen LogP contribution is 2.28. The van der Waals surface area contributed by atoms with Gasteiger partial charge in [0, 0.05) is 10.9 Å². The van der Waals surface area contributed by atoms with Crippen LogP contribution in [0, 0.1) is 0 Å². The summed E-state index contributed by atoms with van der Waals surface area (Å²) in [5.41, 5.74) is 8.52. The molecule has 8 nitrogen and oxygen atoms in total. The molecule has 2 amide bonds. The molecule has 0 saturated carbocycles. The van der Waals surface area contributed by atoms with E-state index in [1.165, 1.54) is 13.3 Å². The van der Waals surface area contributed by atoms with Gasteiger partial charge >= 0.3 is 5.91 Å². The van der Waals surface area contributed by atoms with Crippen molar-refractivity contribution in [1.82, 2.24) is 5.43 Å².